The first-order valence-corrected chi connectivity index (χ1v) is 5.90. The molecule has 2 rings (SSSR count). The third kappa shape index (κ3) is 2.85. The maximum absolute atomic E-state index is 12.0. The van der Waals surface area contributed by atoms with Gasteiger partial charge in [0.1, 0.15) is 0 Å². The van der Waals surface area contributed by atoms with Crippen molar-refractivity contribution in [2.45, 2.75) is 10.5 Å². The van der Waals surface area contributed by atoms with Gasteiger partial charge in [0, 0.05) is 0 Å². The molecule has 1 nitrogen and oxygen atoms in total. The summed E-state index contributed by atoms with van der Waals surface area (Å²) in [4.78, 5) is 4.10. The van der Waals surface area contributed by atoms with E-state index in [0.717, 1.165) is 22.0 Å². The second-order valence-corrected chi connectivity index (χ2v) is 5.10. The molecule has 1 heterocycles. The molecule has 0 amide bonds. The van der Waals surface area contributed by atoms with Gasteiger partial charge in [-0.15, -0.1) is 11.3 Å². The Morgan fingerprint density at radius 3 is 2.67 bits per heavy atom. The predicted molar refractivity (Wildman–Crippen MR) is 56.4 cm³/mol. The summed E-state index contributed by atoms with van der Waals surface area (Å²) in [6, 6.07) is 7.31. The van der Waals surface area contributed by atoms with Crippen LogP contribution in [0.15, 0.2) is 28.6 Å². The van der Waals surface area contributed by atoms with E-state index >= 15 is 0 Å². The molecule has 0 aliphatic heterocycles. The van der Waals surface area contributed by atoms with E-state index in [0.29, 0.717) is 4.34 Å². The van der Waals surface area contributed by atoms with Gasteiger partial charge in [0.25, 0.3) is 0 Å². The van der Waals surface area contributed by atoms with E-state index < -0.39 is 11.9 Å². The fraction of sp³-hybridized carbons (Fsp3) is 0.222. The number of rotatable bonds is 2. The highest BCUT2D eigenvalue weighted by molar-refractivity contribution is 8.01. The third-order valence-corrected chi connectivity index (χ3v) is 3.88. The molecule has 6 heteroatoms. The normalized spacial score (nSPS) is 12.2. The van der Waals surface area contributed by atoms with Crippen LogP contribution in [0.3, 0.4) is 0 Å². The predicted octanol–water partition coefficient (Wildman–Crippen LogP) is 3.95. The molecule has 0 radical (unpaired) electrons. The van der Waals surface area contributed by atoms with Crippen LogP contribution in [0.2, 0.25) is 0 Å². The fourth-order valence-corrected chi connectivity index (χ4v) is 2.89. The van der Waals surface area contributed by atoms with Crippen molar-refractivity contribution in [1.29, 1.82) is 0 Å². The number of halogens is 3. The molecule has 0 atom stereocenters. The summed E-state index contributed by atoms with van der Waals surface area (Å²) in [6.07, 6.45) is -4.14. The van der Waals surface area contributed by atoms with Crippen LogP contribution in [-0.4, -0.2) is 16.9 Å². The molecule has 0 N–H and O–H groups in total. The Labute approximate surface area is 92.3 Å². The number of fused-ring (bicyclic) bond motifs is 1. The first kappa shape index (κ1) is 10.8. The zero-order valence-electron chi connectivity index (χ0n) is 7.41. The Bertz CT molecular complexity index is 431. The van der Waals surface area contributed by atoms with E-state index in [1.165, 1.54) is 11.3 Å². The number of alkyl halides is 3. The molecule has 0 saturated carbocycles. The summed E-state index contributed by atoms with van der Waals surface area (Å²) in [6.45, 7) is 0. The lowest BCUT2D eigenvalue weighted by Gasteiger charge is -2.02. The van der Waals surface area contributed by atoms with Crippen molar-refractivity contribution in [3.8, 4) is 0 Å². The zero-order valence-corrected chi connectivity index (χ0v) is 9.05. The van der Waals surface area contributed by atoms with Gasteiger partial charge >= 0.3 is 6.18 Å². The second kappa shape index (κ2) is 4.02. The van der Waals surface area contributed by atoms with E-state index in [1.807, 2.05) is 18.2 Å². The van der Waals surface area contributed by atoms with Gasteiger partial charge in [-0.1, -0.05) is 23.9 Å². The Morgan fingerprint density at radius 1 is 1.27 bits per heavy atom. The number of benzene rings is 1. The first-order valence-electron chi connectivity index (χ1n) is 4.10. The van der Waals surface area contributed by atoms with Crippen molar-refractivity contribution in [2.75, 3.05) is 5.75 Å². The van der Waals surface area contributed by atoms with E-state index in [1.54, 1.807) is 6.07 Å². The number of aromatic nitrogens is 1. The van der Waals surface area contributed by atoms with Gasteiger partial charge in [-0.25, -0.2) is 4.98 Å². The molecular formula is C9H6F3NS2. The summed E-state index contributed by atoms with van der Waals surface area (Å²) in [5.41, 5.74) is 0.757. The van der Waals surface area contributed by atoms with Crippen molar-refractivity contribution < 1.29 is 13.2 Å². The average Bonchev–Trinajstić information content (AvgIpc) is 2.56. The fourth-order valence-electron chi connectivity index (χ4n) is 1.06. The minimum absolute atomic E-state index is 0.466. The molecule has 0 fully saturated rings. The van der Waals surface area contributed by atoms with Crippen LogP contribution < -0.4 is 0 Å². The van der Waals surface area contributed by atoms with Gasteiger partial charge in [-0.05, 0) is 12.1 Å². The summed E-state index contributed by atoms with van der Waals surface area (Å²) >= 11 is 2.03. The Morgan fingerprint density at radius 2 is 2.00 bits per heavy atom. The second-order valence-electron chi connectivity index (χ2n) is 2.85. The number of nitrogens with zero attached hydrogens (tertiary/aromatic N) is 1. The molecule has 0 spiro atoms. The summed E-state index contributed by atoms with van der Waals surface area (Å²) in [5, 5.41) is 0. The maximum atomic E-state index is 12.0. The van der Waals surface area contributed by atoms with E-state index in [-0.39, 0.29) is 0 Å². The number of hydrogen-bond acceptors (Lipinski definition) is 3. The lowest BCUT2D eigenvalue weighted by Crippen LogP contribution is -2.10. The molecule has 15 heavy (non-hydrogen) atoms. The highest BCUT2D eigenvalue weighted by atomic mass is 32.2. The average molecular weight is 249 g/mol. The van der Waals surface area contributed by atoms with Gasteiger partial charge in [0.15, 0.2) is 4.34 Å². The van der Waals surface area contributed by atoms with Crippen LogP contribution in [0.5, 0.6) is 0 Å². The van der Waals surface area contributed by atoms with Crippen molar-refractivity contribution in [1.82, 2.24) is 4.98 Å². The van der Waals surface area contributed by atoms with Gasteiger partial charge in [0.05, 0.1) is 16.0 Å². The highest BCUT2D eigenvalue weighted by Gasteiger charge is 2.27. The molecule has 0 unspecified atom stereocenters. The molecule has 0 saturated heterocycles. The highest BCUT2D eigenvalue weighted by Crippen LogP contribution is 2.32. The van der Waals surface area contributed by atoms with E-state index in [9.17, 15) is 13.2 Å². The molecule has 1 aromatic carbocycles. The van der Waals surface area contributed by atoms with Gasteiger partial charge in [-0.3, -0.25) is 0 Å². The van der Waals surface area contributed by atoms with E-state index in [2.05, 4.69) is 4.98 Å². The molecule has 2 aromatic rings. The van der Waals surface area contributed by atoms with Gasteiger partial charge < -0.3 is 0 Å². The standard InChI is InChI=1S/C9H6F3NS2/c10-9(11,12)5-14-8-13-6-3-1-2-4-7(6)15-8/h1-4H,5H2. The van der Waals surface area contributed by atoms with Gasteiger partial charge in [-0.2, -0.15) is 13.2 Å². The third-order valence-electron chi connectivity index (χ3n) is 1.63. The Hall–Kier alpha value is -0.750. The topological polar surface area (TPSA) is 12.9 Å². The number of thioether (sulfide) groups is 1. The molecule has 0 bridgehead atoms. The van der Waals surface area contributed by atoms with Crippen LogP contribution in [-0.2, 0) is 0 Å². The van der Waals surface area contributed by atoms with Crippen LogP contribution in [0, 0.1) is 0 Å². The van der Waals surface area contributed by atoms with Crippen molar-refractivity contribution in [2.24, 2.45) is 0 Å². The molecular weight excluding hydrogens is 243 g/mol. The summed E-state index contributed by atoms with van der Waals surface area (Å²) in [5.74, 6) is -0.882. The summed E-state index contributed by atoms with van der Waals surface area (Å²) < 4.78 is 37.2. The van der Waals surface area contributed by atoms with Crippen molar-refractivity contribution in [3.05, 3.63) is 24.3 Å². The molecule has 1 aromatic heterocycles. The summed E-state index contributed by atoms with van der Waals surface area (Å²) in [7, 11) is 0. The van der Waals surface area contributed by atoms with Crippen molar-refractivity contribution >= 4 is 33.3 Å². The zero-order chi connectivity index (χ0) is 10.9. The lowest BCUT2D eigenvalue weighted by molar-refractivity contribution is -0.105. The lowest BCUT2D eigenvalue weighted by atomic mass is 10.3. The smallest absolute Gasteiger partial charge is 0.230 e. The monoisotopic (exact) mass is 249 g/mol. The van der Waals surface area contributed by atoms with Crippen LogP contribution in [0.4, 0.5) is 13.2 Å². The Balaban J connectivity index is 2.16. The molecule has 0 aliphatic rings. The number of thiazole rings is 1. The van der Waals surface area contributed by atoms with Crippen LogP contribution in [0.25, 0.3) is 10.2 Å². The maximum Gasteiger partial charge on any atom is 0.398 e. The van der Waals surface area contributed by atoms with Gasteiger partial charge in [0.2, 0.25) is 0 Å². The number of para-hydroxylation sites is 1. The molecule has 0 aliphatic carbocycles. The first-order chi connectivity index (χ1) is 7.04. The largest absolute Gasteiger partial charge is 0.398 e. The Kier molecular flexibility index (Phi) is 2.88. The van der Waals surface area contributed by atoms with Crippen LogP contribution in [0.1, 0.15) is 0 Å². The van der Waals surface area contributed by atoms with E-state index in [4.69, 9.17) is 0 Å². The number of hydrogen-bond donors (Lipinski definition) is 0. The SMILES string of the molecule is FC(F)(F)CSc1nc2ccccc2s1. The minimum atomic E-state index is -4.14. The molecule has 80 valence electrons. The van der Waals surface area contributed by atoms with Crippen LogP contribution >= 0.6 is 23.1 Å². The van der Waals surface area contributed by atoms with Crippen molar-refractivity contribution in [3.63, 3.8) is 0 Å². The quantitative estimate of drug-likeness (QED) is 0.747. The minimum Gasteiger partial charge on any atom is -0.230 e.